The molecule has 0 saturated carbocycles. The second kappa shape index (κ2) is 10.8. The van der Waals surface area contributed by atoms with E-state index in [9.17, 15) is 30.1 Å². The first-order valence-corrected chi connectivity index (χ1v) is 8.37. The summed E-state index contributed by atoms with van der Waals surface area (Å²) >= 11 is 5.42. The maximum Gasteiger partial charge on any atom is 0.342 e. The van der Waals surface area contributed by atoms with Crippen LogP contribution in [0.3, 0.4) is 0 Å². The Balaban J connectivity index is 2.72. The minimum Gasteiger partial charge on any atom is -0.387 e. The molecule has 1 aliphatic rings. The van der Waals surface area contributed by atoms with Gasteiger partial charge in [0.1, 0.15) is 24.4 Å². The molecular weight excluding hydrogens is 362 g/mol. The van der Waals surface area contributed by atoms with Crippen molar-refractivity contribution in [2.75, 3.05) is 19.0 Å². The summed E-state index contributed by atoms with van der Waals surface area (Å²) in [5.74, 6) is -0.0595. The van der Waals surface area contributed by atoms with Gasteiger partial charge in [-0.2, -0.15) is 5.01 Å². The summed E-state index contributed by atoms with van der Waals surface area (Å²) in [4.78, 5) is 22.3. The van der Waals surface area contributed by atoms with E-state index in [1.165, 1.54) is 0 Å². The van der Waals surface area contributed by atoms with Crippen LogP contribution in [-0.2, 0) is 9.47 Å². The SMILES string of the molecule is CCCCO[C@H]1O[C@H](C(O)NC(=O)N(CCCl)N=O)[C@@H](O)[C@H](O)[C@H]1O. The highest BCUT2D eigenvalue weighted by molar-refractivity contribution is 6.18. The van der Waals surface area contributed by atoms with Crippen molar-refractivity contribution in [2.45, 2.75) is 56.7 Å². The summed E-state index contributed by atoms with van der Waals surface area (Å²) in [6, 6.07) is -1.07. The molecule has 5 N–H and O–H groups in total. The number of carbonyl (C=O) groups is 1. The fraction of sp³-hybridized carbons (Fsp3) is 0.923. The molecule has 1 unspecified atom stereocenters. The van der Waals surface area contributed by atoms with E-state index in [0.29, 0.717) is 11.4 Å². The van der Waals surface area contributed by atoms with Gasteiger partial charge in [0.25, 0.3) is 0 Å². The van der Waals surface area contributed by atoms with Crippen LogP contribution in [0.25, 0.3) is 0 Å². The van der Waals surface area contributed by atoms with E-state index in [2.05, 4.69) is 5.29 Å². The first-order valence-electron chi connectivity index (χ1n) is 7.83. The molecule has 6 atom stereocenters. The van der Waals surface area contributed by atoms with Crippen LogP contribution in [-0.4, -0.2) is 87.4 Å². The molecule has 146 valence electrons. The van der Waals surface area contributed by atoms with Crippen LogP contribution in [0.4, 0.5) is 4.79 Å². The lowest BCUT2D eigenvalue weighted by molar-refractivity contribution is -0.311. The largest absolute Gasteiger partial charge is 0.387 e. The highest BCUT2D eigenvalue weighted by Crippen LogP contribution is 2.24. The molecule has 1 heterocycles. The van der Waals surface area contributed by atoms with Crippen LogP contribution in [0.5, 0.6) is 0 Å². The van der Waals surface area contributed by atoms with Crippen LogP contribution in [0.2, 0.25) is 0 Å². The number of carbonyl (C=O) groups excluding carboxylic acids is 1. The third-order valence-electron chi connectivity index (χ3n) is 3.60. The lowest BCUT2D eigenvalue weighted by Crippen LogP contribution is -2.64. The lowest BCUT2D eigenvalue weighted by Gasteiger charge is -2.41. The number of amides is 2. The van der Waals surface area contributed by atoms with Gasteiger partial charge in [0.05, 0.1) is 11.8 Å². The van der Waals surface area contributed by atoms with Crippen molar-refractivity contribution in [3.63, 3.8) is 0 Å². The Morgan fingerprint density at radius 1 is 1.36 bits per heavy atom. The molecule has 11 nitrogen and oxygen atoms in total. The minimum atomic E-state index is -1.80. The van der Waals surface area contributed by atoms with Crippen LogP contribution in [0, 0.1) is 4.91 Å². The number of ether oxygens (including phenoxy) is 2. The monoisotopic (exact) mass is 385 g/mol. The van der Waals surface area contributed by atoms with Gasteiger partial charge in [-0.05, 0) is 6.42 Å². The fourth-order valence-electron chi connectivity index (χ4n) is 2.16. The van der Waals surface area contributed by atoms with Crippen molar-refractivity contribution < 1.29 is 34.7 Å². The Kier molecular flexibility index (Phi) is 9.50. The van der Waals surface area contributed by atoms with E-state index in [-0.39, 0.29) is 19.0 Å². The second-order valence-electron chi connectivity index (χ2n) is 5.45. The number of rotatable bonds is 9. The van der Waals surface area contributed by atoms with E-state index in [1.807, 2.05) is 12.2 Å². The quantitative estimate of drug-likeness (QED) is 0.109. The zero-order valence-electron chi connectivity index (χ0n) is 13.7. The third kappa shape index (κ3) is 5.99. The smallest absolute Gasteiger partial charge is 0.342 e. The first-order chi connectivity index (χ1) is 11.9. The summed E-state index contributed by atoms with van der Waals surface area (Å²) in [5, 5.41) is 44.7. The molecule has 1 aliphatic heterocycles. The summed E-state index contributed by atoms with van der Waals surface area (Å²) in [6.07, 6.45) is -8.01. The topological polar surface area (TPSA) is 161 Å². The Labute approximate surface area is 149 Å². The van der Waals surface area contributed by atoms with Crippen molar-refractivity contribution in [3.8, 4) is 0 Å². The number of aliphatic hydroxyl groups is 4. The fourth-order valence-corrected chi connectivity index (χ4v) is 2.32. The van der Waals surface area contributed by atoms with Crippen LogP contribution >= 0.6 is 11.6 Å². The maximum absolute atomic E-state index is 11.8. The normalized spacial score (nSPS) is 30.6. The summed E-state index contributed by atoms with van der Waals surface area (Å²) in [6.45, 7) is 1.96. The predicted octanol–water partition coefficient (Wildman–Crippen LogP) is -1.14. The highest BCUT2D eigenvalue weighted by atomic mass is 35.5. The van der Waals surface area contributed by atoms with E-state index in [4.69, 9.17) is 21.1 Å². The van der Waals surface area contributed by atoms with Crippen molar-refractivity contribution in [1.82, 2.24) is 10.3 Å². The minimum absolute atomic E-state index is 0.0595. The number of nitroso groups, excluding NO2 is 1. The van der Waals surface area contributed by atoms with Crippen LogP contribution < -0.4 is 5.32 Å². The van der Waals surface area contributed by atoms with Crippen LogP contribution in [0.15, 0.2) is 5.29 Å². The van der Waals surface area contributed by atoms with Crippen molar-refractivity contribution in [3.05, 3.63) is 4.91 Å². The number of nitrogens with zero attached hydrogens (tertiary/aromatic N) is 2. The van der Waals surface area contributed by atoms with Gasteiger partial charge < -0.3 is 35.2 Å². The van der Waals surface area contributed by atoms with Gasteiger partial charge in [-0.25, -0.2) is 4.79 Å². The molecular formula is C13H24ClN3O8. The molecule has 2 amide bonds. The van der Waals surface area contributed by atoms with Gasteiger partial charge in [0.15, 0.2) is 12.5 Å². The maximum atomic E-state index is 11.8. The molecule has 1 saturated heterocycles. The first kappa shape index (κ1) is 22.0. The molecule has 0 radical (unpaired) electrons. The Bertz CT molecular complexity index is 432. The number of halogens is 1. The van der Waals surface area contributed by atoms with E-state index >= 15 is 0 Å². The number of urea groups is 1. The van der Waals surface area contributed by atoms with E-state index in [0.717, 1.165) is 6.42 Å². The van der Waals surface area contributed by atoms with Crippen LogP contribution in [0.1, 0.15) is 19.8 Å². The van der Waals surface area contributed by atoms with Gasteiger partial charge in [-0.3, -0.25) is 0 Å². The number of aliphatic hydroxyl groups excluding tert-OH is 4. The zero-order valence-corrected chi connectivity index (χ0v) is 14.4. The molecule has 1 rings (SSSR count). The van der Waals surface area contributed by atoms with Gasteiger partial charge in [0.2, 0.25) is 0 Å². The van der Waals surface area contributed by atoms with Crippen molar-refractivity contribution >= 4 is 17.6 Å². The molecule has 12 heteroatoms. The van der Waals surface area contributed by atoms with Crippen molar-refractivity contribution in [1.29, 1.82) is 0 Å². The van der Waals surface area contributed by atoms with Crippen molar-refractivity contribution in [2.24, 2.45) is 5.29 Å². The van der Waals surface area contributed by atoms with E-state index < -0.39 is 43.0 Å². The Morgan fingerprint density at radius 2 is 2.04 bits per heavy atom. The summed E-state index contributed by atoms with van der Waals surface area (Å²) in [5.41, 5.74) is 0. The number of unbranched alkanes of at least 4 members (excludes halogenated alkanes) is 1. The Hall–Kier alpha value is -1.08. The standard InChI is InChI=1S/C13H24ClN3O8/c1-2-3-6-24-12-9(20)7(18)8(19)10(25-12)11(21)15-13(22)17(16-23)5-4-14/h7-12,18-21H,2-6H2,1H3,(H,15,22)/t7-,8-,9+,10-,11?,12-/m0/s1. The number of alkyl halides is 1. The third-order valence-corrected chi connectivity index (χ3v) is 3.77. The molecule has 1 fully saturated rings. The van der Waals surface area contributed by atoms with Gasteiger partial charge in [-0.15, -0.1) is 16.5 Å². The molecule has 0 bridgehead atoms. The second-order valence-corrected chi connectivity index (χ2v) is 5.83. The molecule has 0 aromatic carbocycles. The zero-order chi connectivity index (χ0) is 19.0. The van der Waals surface area contributed by atoms with Gasteiger partial charge in [0, 0.05) is 12.5 Å². The molecule has 0 aromatic rings. The number of hydrogen-bond acceptors (Lipinski definition) is 9. The number of nitrogens with one attached hydrogen (secondary N) is 1. The van der Waals surface area contributed by atoms with E-state index in [1.54, 1.807) is 0 Å². The molecule has 0 spiro atoms. The molecule has 0 aliphatic carbocycles. The molecule has 25 heavy (non-hydrogen) atoms. The summed E-state index contributed by atoms with van der Waals surface area (Å²) < 4.78 is 10.5. The van der Waals surface area contributed by atoms with Gasteiger partial charge >= 0.3 is 6.03 Å². The summed E-state index contributed by atoms with van der Waals surface area (Å²) in [7, 11) is 0. The average molecular weight is 386 g/mol. The lowest BCUT2D eigenvalue weighted by atomic mass is 9.98. The highest BCUT2D eigenvalue weighted by Gasteiger charge is 2.47. The van der Waals surface area contributed by atoms with Gasteiger partial charge in [-0.1, -0.05) is 13.3 Å². The predicted molar refractivity (Wildman–Crippen MR) is 85.3 cm³/mol. The Morgan fingerprint density at radius 3 is 2.60 bits per heavy atom. The number of hydrogen-bond donors (Lipinski definition) is 5. The molecule has 0 aromatic heterocycles. The average Bonchev–Trinajstić information content (AvgIpc) is 2.59.